The molecule has 1 aliphatic heterocycles. The summed E-state index contributed by atoms with van der Waals surface area (Å²) in [6, 6.07) is 6.41. The molecule has 3 rings (SSSR count). The van der Waals surface area contributed by atoms with Gasteiger partial charge in [-0.15, -0.1) is 0 Å². The summed E-state index contributed by atoms with van der Waals surface area (Å²) in [7, 11) is 1.72. The first-order chi connectivity index (χ1) is 10.3. The SMILES string of the molecule is COc1cc(CN2CCN(CC3CC3)CC2)ccc1CN. The molecule has 0 spiro atoms. The van der Waals surface area contributed by atoms with Crippen LogP contribution in [0.5, 0.6) is 5.75 Å². The fourth-order valence-electron chi connectivity index (χ4n) is 3.11. The lowest BCUT2D eigenvalue weighted by Gasteiger charge is -2.34. The van der Waals surface area contributed by atoms with Crippen molar-refractivity contribution in [3.63, 3.8) is 0 Å². The van der Waals surface area contributed by atoms with Crippen molar-refractivity contribution in [2.24, 2.45) is 11.7 Å². The molecule has 1 heterocycles. The topological polar surface area (TPSA) is 41.7 Å². The molecule has 4 heteroatoms. The average Bonchev–Trinajstić information content (AvgIpc) is 3.33. The summed E-state index contributed by atoms with van der Waals surface area (Å²) < 4.78 is 5.43. The van der Waals surface area contributed by atoms with Gasteiger partial charge >= 0.3 is 0 Å². The Bertz CT molecular complexity index is 465. The fourth-order valence-corrected chi connectivity index (χ4v) is 3.11. The average molecular weight is 289 g/mol. The maximum Gasteiger partial charge on any atom is 0.123 e. The van der Waals surface area contributed by atoms with Crippen molar-refractivity contribution < 1.29 is 4.74 Å². The van der Waals surface area contributed by atoms with Crippen LogP contribution in [-0.4, -0.2) is 49.6 Å². The van der Waals surface area contributed by atoms with Crippen LogP contribution in [0.15, 0.2) is 18.2 Å². The van der Waals surface area contributed by atoms with Crippen LogP contribution in [0.4, 0.5) is 0 Å². The molecule has 1 saturated heterocycles. The molecule has 1 saturated carbocycles. The molecule has 0 unspecified atom stereocenters. The predicted octanol–water partition coefficient (Wildman–Crippen LogP) is 1.68. The molecule has 1 aromatic carbocycles. The second-order valence-electron chi connectivity index (χ2n) is 6.37. The van der Waals surface area contributed by atoms with Crippen molar-refractivity contribution >= 4 is 0 Å². The maximum absolute atomic E-state index is 5.72. The van der Waals surface area contributed by atoms with Crippen molar-refractivity contribution in [2.45, 2.75) is 25.9 Å². The van der Waals surface area contributed by atoms with Crippen LogP contribution in [0.1, 0.15) is 24.0 Å². The van der Waals surface area contributed by atoms with E-state index in [1.807, 2.05) is 0 Å². The molecule has 1 aliphatic carbocycles. The molecule has 2 fully saturated rings. The zero-order chi connectivity index (χ0) is 14.7. The Labute approximate surface area is 127 Å². The van der Waals surface area contributed by atoms with Gasteiger partial charge in [0.05, 0.1) is 7.11 Å². The van der Waals surface area contributed by atoms with E-state index in [1.54, 1.807) is 7.11 Å². The van der Waals surface area contributed by atoms with Crippen molar-refractivity contribution in [1.82, 2.24) is 9.80 Å². The molecule has 1 aromatic rings. The van der Waals surface area contributed by atoms with Gasteiger partial charge in [0.2, 0.25) is 0 Å². The third-order valence-corrected chi connectivity index (χ3v) is 4.66. The number of hydrogen-bond donors (Lipinski definition) is 1. The van der Waals surface area contributed by atoms with Gasteiger partial charge in [0.25, 0.3) is 0 Å². The van der Waals surface area contributed by atoms with E-state index in [2.05, 4.69) is 28.0 Å². The lowest BCUT2D eigenvalue weighted by atomic mass is 10.1. The zero-order valence-corrected chi connectivity index (χ0v) is 13.1. The summed E-state index contributed by atoms with van der Waals surface area (Å²) in [5.74, 6) is 1.92. The van der Waals surface area contributed by atoms with Crippen LogP contribution in [-0.2, 0) is 13.1 Å². The van der Waals surface area contributed by atoms with E-state index in [0.717, 1.165) is 23.8 Å². The second kappa shape index (κ2) is 6.77. The molecular weight excluding hydrogens is 262 g/mol. The number of rotatable bonds is 6. The van der Waals surface area contributed by atoms with Gasteiger partial charge in [0.15, 0.2) is 0 Å². The first kappa shape index (κ1) is 14.8. The first-order valence-corrected chi connectivity index (χ1v) is 8.09. The molecule has 0 aromatic heterocycles. The fraction of sp³-hybridized carbons (Fsp3) is 0.647. The van der Waals surface area contributed by atoms with Gasteiger partial charge in [0.1, 0.15) is 5.75 Å². The number of ether oxygens (including phenoxy) is 1. The summed E-state index contributed by atoms with van der Waals surface area (Å²) in [6.07, 6.45) is 2.90. The third kappa shape index (κ3) is 3.96. The monoisotopic (exact) mass is 289 g/mol. The summed E-state index contributed by atoms with van der Waals surface area (Å²) in [5, 5.41) is 0. The number of hydrogen-bond acceptors (Lipinski definition) is 4. The minimum absolute atomic E-state index is 0.531. The second-order valence-corrected chi connectivity index (χ2v) is 6.37. The van der Waals surface area contributed by atoms with Crippen LogP contribution in [0.3, 0.4) is 0 Å². The molecule has 0 atom stereocenters. The van der Waals surface area contributed by atoms with E-state index in [4.69, 9.17) is 10.5 Å². The molecular formula is C17H27N3O. The number of nitrogens with two attached hydrogens (primary N) is 1. The number of nitrogens with zero attached hydrogens (tertiary/aromatic N) is 2. The Kier molecular flexibility index (Phi) is 4.78. The van der Waals surface area contributed by atoms with Gasteiger partial charge in [-0.2, -0.15) is 0 Å². The van der Waals surface area contributed by atoms with Gasteiger partial charge < -0.3 is 15.4 Å². The Balaban J connectivity index is 1.52. The van der Waals surface area contributed by atoms with Crippen molar-refractivity contribution in [3.8, 4) is 5.75 Å². The van der Waals surface area contributed by atoms with Crippen molar-refractivity contribution in [1.29, 1.82) is 0 Å². The first-order valence-electron chi connectivity index (χ1n) is 8.09. The number of piperazine rings is 1. The van der Waals surface area contributed by atoms with Crippen LogP contribution in [0, 0.1) is 5.92 Å². The largest absolute Gasteiger partial charge is 0.496 e. The highest BCUT2D eigenvalue weighted by Crippen LogP contribution is 2.30. The van der Waals surface area contributed by atoms with Gasteiger partial charge in [-0.1, -0.05) is 12.1 Å². The summed E-state index contributed by atoms with van der Waals surface area (Å²) >= 11 is 0. The van der Waals surface area contributed by atoms with Crippen molar-refractivity contribution in [2.75, 3.05) is 39.8 Å². The van der Waals surface area contributed by atoms with E-state index in [1.165, 1.54) is 51.1 Å². The van der Waals surface area contributed by atoms with Gasteiger partial charge in [-0.25, -0.2) is 0 Å². The highest BCUT2D eigenvalue weighted by atomic mass is 16.5. The normalized spacial score (nSPS) is 20.7. The highest BCUT2D eigenvalue weighted by molar-refractivity contribution is 5.37. The Hall–Kier alpha value is -1.10. The number of benzene rings is 1. The van der Waals surface area contributed by atoms with Crippen LogP contribution >= 0.6 is 0 Å². The smallest absolute Gasteiger partial charge is 0.123 e. The third-order valence-electron chi connectivity index (χ3n) is 4.66. The van der Waals surface area contributed by atoms with Crippen LogP contribution < -0.4 is 10.5 Å². The lowest BCUT2D eigenvalue weighted by Crippen LogP contribution is -2.46. The van der Waals surface area contributed by atoms with Gasteiger partial charge in [-0.3, -0.25) is 4.90 Å². The van der Waals surface area contributed by atoms with E-state index < -0.39 is 0 Å². The molecule has 0 radical (unpaired) electrons. The predicted molar refractivity (Wildman–Crippen MR) is 85.3 cm³/mol. The molecule has 2 N–H and O–H groups in total. The molecule has 4 nitrogen and oxygen atoms in total. The maximum atomic E-state index is 5.72. The van der Waals surface area contributed by atoms with Crippen molar-refractivity contribution in [3.05, 3.63) is 29.3 Å². The molecule has 2 aliphatic rings. The molecule has 116 valence electrons. The van der Waals surface area contributed by atoms with Crippen LogP contribution in [0.25, 0.3) is 0 Å². The minimum atomic E-state index is 0.531. The molecule has 21 heavy (non-hydrogen) atoms. The van der Waals surface area contributed by atoms with Crippen LogP contribution in [0.2, 0.25) is 0 Å². The van der Waals surface area contributed by atoms with Gasteiger partial charge in [-0.05, 0) is 30.4 Å². The summed E-state index contributed by atoms with van der Waals surface area (Å²) in [5.41, 5.74) is 8.12. The van der Waals surface area contributed by atoms with E-state index in [0.29, 0.717) is 6.54 Å². The number of methoxy groups -OCH3 is 1. The molecule has 0 bridgehead atoms. The Morgan fingerprint density at radius 1 is 1.14 bits per heavy atom. The van der Waals surface area contributed by atoms with E-state index >= 15 is 0 Å². The minimum Gasteiger partial charge on any atom is -0.496 e. The van der Waals surface area contributed by atoms with Gasteiger partial charge in [0, 0.05) is 51.4 Å². The standard InChI is InChI=1S/C17H27N3O/c1-21-17-10-15(4-5-16(17)11-18)13-20-8-6-19(7-9-20)12-14-2-3-14/h4-5,10,14H,2-3,6-9,11-13,18H2,1H3. The Morgan fingerprint density at radius 3 is 2.48 bits per heavy atom. The zero-order valence-electron chi connectivity index (χ0n) is 13.1. The summed E-state index contributed by atoms with van der Waals surface area (Å²) in [4.78, 5) is 5.17. The summed E-state index contributed by atoms with van der Waals surface area (Å²) in [6.45, 7) is 7.65. The Morgan fingerprint density at radius 2 is 1.86 bits per heavy atom. The quantitative estimate of drug-likeness (QED) is 0.865. The van der Waals surface area contributed by atoms with E-state index in [9.17, 15) is 0 Å². The molecule has 0 amide bonds. The van der Waals surface area contributed by atoms with E-state index in [-0.39, 0.29) is 0 Å². The lowest BCUT2D eigenvalue weighted by molar-refractivity contribution is 0.123. The highest BCUT2D eigenvalue weighted by Gasteiger charge is 2.26.